The zero-order valence-corrected chi connectivity index (χ0v) is 18.5. The first-order valence-corrected chi connectivity index (χ1v) is 12.2. The molecule has 1 N–H and O–H groups in total. The number of hydrogen-bond acceptors (Lipinski definition) is 3. The van der Waals surface area contributed by atoms with Gasteiger partial charge in [0.2, 0.25) is 0 Å². The maximum absolute atomic E-state index is 10.7. The van der Waals surface area contributed by atoms with Crippen LogP contribution >= 0.6 is 0 Å². The number of allylic oxidation sites excluding steroid dienone is 8. The van der Waals surface area contributed by atoms with Crippen LogP contribution in [0.1, 0.15) is 66.7 Å². The van der Waals surface area contributed by atoms with Crippen molar-refractivity contribution in [2.75, 3.05) is 0 Å². The molecule has 0 amide bonds. The molecular weight excluding hydrogens is 344 g/mol. The Labute approximate surface area is 156 Å². The van der Waals surface area contributed by atoms with Crippen molar-refractivity contribution in [3.8, 4) is 0 Å². The van der Waals surface area contributed by atoms with Gasteiger partial charge < -0.3 is 4.80 Å². The second-order valence-corrected chi connectivity index (χ2v) is 12.5. The average molecular weight is 378 g/mol. The molecule has 0 aromatic carbocycles. The summed E-state index contributed by atoms with van der Waals surface area (Å²) in [5.74, 6) is 0. The minimum atomic E-state index is -2.39. The second kappa shape index (κ2) is 8.78. The molecule has 2 aliphatic rings. The Bertz CT molecular complexity index is 568. The van der Waals surface area contributed by atoms with E-state index in [1.54, 1.807) is 0 Å². The van der Waals surface area contributed by atoms with Crippen molar-refractivity contribution in [2.45, 2.75) is 72.3 Å². The lowest BCUT2D eigenvalue weighted by atomic mass is 9.84. The Morgan fingerprint density at radius 2 is 1.68 bits per heavy atom. The topological polar surface area (TPSA) is 38.7 Å². The summed E-state index contributed by atoms with van der Waals surface area (Å²) in [7, 11) is -4.05. The van der Waals surface area contributed by atoms with Gasteiger partial charge in [0.25, 0.3) is 0 Å². The standard InChI is InChI=1S/C20H33O3Si2/c1-19(2,3)16-20(4,5)22-25(18-14-10-7-11-15-18)23-24(21)17-12-8-6-9-13-17/h6-8,10,12,14,21,24H,9,11,13,15-16H2,1-5H3/q+1. The molecule has 5 heteroatoms. The van der Waals surface area contributed by atoms with Gasteiger partial charge in [0, 0.05) is 6.42 Å². The van der Waals surface area contributed by atoms with Crippen LogP contribution in [0.3, 0.4) is 0 Å². The van der Waals surface area contributed by atoms with Crippen LogP contribution in [-0.4, -0.2) is 29.0 Å². The Kier molecular flexibility index (Phi) is 7.23. The smallest absolute Gasteiger partial charge is 0.408 e. The Morgan fingerprint density at radius 3 is 2.20 bits per heavy atom. The molecule has 0 radical (unpaired) electrons. The third-order valence-corrected chi connectivity index (χ3v) is 8.73. The molecule has 0 spiro atoms. The lowest BCUT2D eigenvalue weighted by Gasteiger charge is -2.30. The summed E-state index contributed by atoms with van der Waals surface area (Å²) in [6, 6.07) is 0. The maximum Gasteiger partial charge on any atom is 0.672 e. The van der Waals surface area contributed by atoms with Crippen LogP contribution in [0.5, 0.6) is 0 Å². The highest BCUT2D eigenvalue weighted by atomic mass is 28.4. The Hall–Kier alpha value is -0.726. The van der Waals surface area contributed by atoms with Gasteiger partial charge in [-0.1, -0.05) is 51.2 Å². The summed E-state index contributed by atoms with van der Waals surface area (Å²) in [5, 5.41) is 2.31. The summed E-state index contributed by atoms with van der Waals surface area (Å²) < 4.78 is 12.8. The van der Waals surface area contributed by atoms with Gasteiger partial charge in [-0.05, 0) is 56.2 Å². The summed E-state index contributed by atoms with van der Waals surface area (Å²) >= 11 is 0. The molecule has 0 saturated heterocycles. The third kappa shape index (κ3) is 7.19. The van der Waals surface area contributed by atoms with Gasteiger partial charge >= 0.3 is 18.6 Å². The normalized spacial score (nSPS) is 19.4. The fourth-order valence-electron chi connectivity index (χ4n) is 3.51. The molecule has 138 valence electrons. The van der Waals surface area contributed by atoms with Crippen molar-refractivity contribution in [3.63, 3.8) is 0 Å². The van der Waals surface area contributed by atoms with Crippen molar-refractivity contribution in [2.24, 2.45) is 5.41 Å². The SMILES string of the molecule is CC(C)(C)CC(C)(C)O[Si+](O[SiH](O)C1=CC=CCC1)C1=CC=CCC1. The molecule has 0 aromatic rings. The second-order valence-electron chi connectivity index (χ2n) is 8.72. The molecule has 0 saturated carbocycles. The van der Waals surface area contributed by atoms with Gasteiger partial charge in [0.15, 0.2) is 0 Å². The molecule has 0 heterocycles. The molecule has 2 rings (SSSR count). The van der Waals surface area contributed by atoms with Crippen molar-refractivity contribution in [3.05, 3.63) is 46.8 Å². The molecule has 0 aromatic heterocycles. The van der Waals surface area contributed by atoms with Crippen molar-refractivity contribution >= 4 is 18.6 Å². The van der Waals surface area contributed by atoms with Crippen LogP contribution in [-0.2, 0) is 8.54 Å². The van der Waals surface area contributed by atoms with E-state index in [2.05, 4.69) is 58.9 Å². The highest BCUT2D eigenvalue weighted by Gasteiger charge is 2.48. The molecule has 0 bridgehead atoms. The zero-order chi connectivity index (χ0) is 18.5. The number of hydrogen-bond donors (Lipinski definition) is 1. The van der Waals surface area contributed by atoms with E-state index in [1.807, 2.05) is 12.2 Å². The summed E-state index contributed by atoms with van der Waals surface area (Å²) in [4.78, 5) is 10.7. The van der Waals surface area contributed by atoms with Crippen LogP contribution < -0.4 is 0 Å². The molecule has 25 heavy (non-hydrogen) atoms. The Morgan fingerprint density at radius 1 is 1.04 bits per heavy atom. The summed E-state index contributed by atoms with van der Waals surface area (Å²) in [5.41, 5.74) is -0.0897. The first-order valence-electron chi connectivity index (χ1n) is 9.29. The molecule has 0 aliphatic heterocycles. The van der Waals surface area contributed by atoms with Crippen LogP contribution in [0.4, 0.5) is 0 Å². The van der Waals surface area contributed by atoms with Gasteiger partial charge in [0.1, 0.15) is 10.8 Å². The van der Waals surface area contributed by atoms with Gasteiger partial charge in [0.05, 0.1) is 0 Å². The maximum atomic E-state index is 10.7. The average Bonchev–Trinajstić information content (AvgIpc) is 2.53. The minimum Gasteiger partial charge on any atom is -0.408 e. The predicted octanol–water partition coefficient (Wildman–Crippen LogP) is 4.57. The van der Waals surface area contributed by atoms with E-state index in [-0.39, 0.29) is 11.0 Å². The van der Waals surface area contributed by atoms with E-state index in [4.69, 9.17) is 8.54 Å². The lowest BCUT2D eigenvalue weighted by Crippen LogP contribution is -2.43. The minimum absolute atomic E-state index is 0.185. The zero-order valence-electron chi connectivity index (χ0n) is 16.3. The van der Waals surface area contributed by atoms with E-state index in [1.165, 1.54) is 5.20 Å². The largest absolute Gasteiger partial charge is 0.672 e. The van der Waals surface area contributed by atoms with E-state index in [0.29, 0.717) is 0 Å². The molecule has 3 nitrogen and oxygen atoms in total. The summed E-state index contributed by atoms with van der Waals surface area (Å²) in [6.45, 7) is 11.0. The molecular formula is C20H33O3Si2+. The van der Waals surface area contributed by atoms with E-state index >= 15 is 0 Å². The fourth-order valence-corrected chi connectivity index (χ4v) is 7.70. The van der Waals surface area contributed by atoms with Crippen LogP contribution in [0.2, 0.25) is 0 Å². The molecule has 2 aliphatic carbocycles. The van der Waals surface area contributed by atoms with E-state index < -0.39 is 18.6 Å². The highest BCUT2D eigenvalue weighted by Crippen LogP contribution is 2.32. The lowest BCUT2D eigenvalue weighted by molar-refractivity contribution is 0.0447. The van der Waals surface area contributed by atoms with Crippen LogP contribution in [0, 0.1) is 5.41 Å². The van der Waals surface area contributed by atoms with Gasteiger partial charge in [-0.3, -0.25) is 0 Å². The Balaban J connectivity index is 2.12. The highest BCUT2D eigenvalue weighted by molar-refractivity contribution is 6.67. The molecule has 1 atom stereocenters. The van der Waals surface area contributed by atoms with E-state index in [9.17, 15) is 4.80 Å². The monoisotopic (exact) mass is 377 g/mol. The van der Waals surface area contributed by atoms with Crippen molar-refractivity contribution < 1.29 is 13.3 Å². The van der Waals surface area contributed by atoms with Crippen molar-refractivity contribution in [1.82, 2.24) is 0 Å². The van der Waals surface area contributed by atoms with Crippen LogP contribution in [0.25, 0.3) is 0 Å². The predicted molar refractivity (Wildman–Crippen MR) is 108 cm³/mol. The first-order chi connectivity index (χ1) is 11.7. The molecule has 0 fully saturated rings. The van der Waals surface area contributed by atoms with Gasteiger partial charge in [-0.25, -0.2) is 4.12 Å². The van der Waals surface area contributed by atoms with Gasteiger partial charge in [-0.2, -0.15) is 4.43 Å². The quantitative estimate of drug-likeness (QED) is 0.661. The summed E-state index contributed by atoms with van der Waals surface area (Å²) in [6.07, 6.45) is 17.4. The van der Waals surface area contributed by atoms with Crippen molar-refractivity contribution in [1.29, 1.82) is 0 Å². The first kappa shape index (κ1) is 20.6. The van der Waals surface area contributed by atoms with Crippen LogP contribution in [0.15, 0.2) is 46.8 Å². The van der Waals surface area contributed by atoms with Gasteiger partial charge in [-0.15, -0.1) is 0 Å². The fraction of sp³-hybridized carbons (Fsp3) is 0.600. The molecule has 1 unspecified atom stereocenters. The number of rotatable bonds is 7. The van der Waals surface area contributed by atoms with E-state index in [0.717, 1.165) is 37.3 Å². The third-order valence-electron chi connectivity index (χ3n) is 4.18.